The molecule has 0 saturated carbocycles. The highest BCUT2D eigenvalue weighted by Crippen LogP contribution is 2.17. The number of amides is 5. The van der Waals surface area contributed by atoms with Crippen LogP contribution in [0.15, 0.2) is 30.3 Å². The van der Waals surface area contributed by atoms with E-state index in [1.54, 1.807) is 45.0 Å². The van der Waals surface area contributed by atoms with Gasteiger partial charge in [-0.3, -0.25) is 19.2 Å². The quantitative estimate of drug-likeness (QED) is 0.218. The van der Waals surface area contributed by atoms with Crippen molar-refractivity contribution in [3.05, 3.63) is 35.9 Å². The van der Waals surface area contributed by atoms with Gasteiger partial charge in [0.25, 0.3) is 0 Å². The second kappa shape index (κ2) is 13.9. The molecule has 45 heavy (non-hydrogen) atoms. The van der Waals surface area contributed by atoms with E-state index in [9.17, 15) is 28.8 Å². The summed E-state index contributed by atoms with van der Waals surface area (Å²) in [7, 11) is 0. The molecule has 13 heteroatoms. The Hall–Kier alpha value is -4.16. The summed E-state index contributed by atoms with van der Waals surface area (Å²) in [6.45, 7) is 19.7. The van der Waals surface area contributed by atoms with Crippen molar-refractivity contribution in [3.8, 4) is 0 Å². The highest BCUT2D eigenvalue weighted by molar-refractivity contribution is 6.00. The van der Waals surface area contributed by atoms with Gasteiger partial charge < -0.3 is 36.1 Å². The van der Waals surface area contributed by atoms with Crippen molar-refractivity contribution >= 4 is 35.7 Å². The van der Waals surface area contributed by atoms with Crippen molar-refractivity contribution in [1.29, 1.82) is 0 Å². The molecule has 0 spiro atoms. The van der Waals surface area contributed by atoms with E-state index >= 15 is 0 Å². The third-order valence-electron chi connectivity index (χ3n) is 6.51. The summed E-state index contributed by atoms with van der Waals surface area (Å²) in [5, 5.41) is 12.9. The van der Waals surface area contributed by atoms with Crippen molar-refractivity contribution in [2.45, 2.75) is 130 Å². The first-order chi connectivity index (χ1) is 20.1. The largest absolute Gasteiger partial charge is 0.458 e. The Bertz CT molecular complexity index is 1280. The van der Waals surface area contributed by atoms with Crippen LogP contribution in [0.1, 0.15) is 95.6 Å². The Kier molecular flexibility index (Phi) is 12.0. The lowest BCUT2D eigenvalue weighted by Crippen LogP contribution is -2.68. The molecular weight excluding hydrogens is 582 g/mol. The number of carbonyl (C=O) groups excluding carboxylic acids is 6. The summed E-state index contributed by atoms with van der Waals surface area (Å²) >= 11 is 0. The van der Waals surface area contributed by atoms with Crippen LogP contribution in [0.25, 0.3) is 0 Å². The second-order valence-electron chi connectivity index (χ2n) is 14.6. The monoisotopic (exact) mass is 633 g/mol. The van der Waals surface area contributed by atoms with Gasteiger partial charge in [0.15, 0.2) is 0 Å². The minimum Gasteiger partial charge on any atom is -0.458 e. The SMILES string of the molecule is CC(C)(C)OC(=O)C(C)(C)NC(=O)C(C)(C)NC(=O)C(C)(C)NC(=O)C(C)(C)NC(=O)C(C)(C)NC(=O)OCc1ccccc1. The molecule has 0 heterocycles. The molecule has 252 valence electrons. The number of hydrogen-bond acceptors (Lipinski definition) is 8. The number of esters is 1. The summed E-state index contributed by atoms with van der Waals surface area (Å²) in [6.07, 6.45) is -0.819. The van der Waals surface area contributed by atoms with Crippen LogP contribution in [0.4, 0.5) is 4.79 Å². The first kappa shape index (κ1) is 38.9. The third-order valence-corrected chi connectivity index (χ3v) is 6.51. The van der Waals surface area contributed by atoms with Crippen LogP contribution in [-0.4, -0.2) is 69.0 Å². The fraction of sp³-hybridized carbons (Fsp3) is 0.625. The number of carbonyl (C=O) groups is 6. The molecule has 5 amide bonds. The number of rotatable bonds is 12. The molecule has 0 atom stereocenters. The zero-order valence-electron chi connectivity index (χ0n) is 28.9. The molecule has 0 aliphatic heterocycles. The number of hydrogen-bond donors (Lipinski definition) is 5. The maximum Gasteiger partial charge on any atom is 0.408 e. The molecule has 0 unspecified atom stereocenters. The number of alkyl carbamates (subject to hydrolysis) is 1. The predicted octanol–water partition coefficient (Wildman–Crippen LogP) is 2.61. The summed E-state index contributed by atoms with van der Waals surface area (Å²) in [5.41, 5.74) is -7.39. The summed E-state index contributed by atoms with van der Waals surface area (Å²) < 4.78 is 10.6. The van der Waals surface area contributed by atoms with Gasteiger partial charge in [-0.05, 0) is 95.6 Å². The summed E-state index contributed by atoms with van der Waals surface area (Å²) in [4.78, 5) is 77.6. The first-order valence-corrected chi connectivity index (χ1v) is 14.6. The molecule has 0 radical (unpaired) electrons. The van der Waals surface area contributed by atoms with Crippen LogP contribution in [0.5, 0.6) is 0 Å². The van der Waals surface area contributed by atoms with E-state index in [1.165, 1.54) is 69.2 Å². The smallest absolute Gasteiger partial charge is 0.408 e. The molecular formula is C32H51N5O8. The molecule has 0 bridgehead atoms. The molecule has 1 aromatic rings. The summed E-state index contributed by atoms with van der Waals surface area (Å²) in [6, 6.07) is 9.02. The highest BCUT2D eigenvalue weighted by Gasteiger charge is 2.43. The van der Waals surface area contributed by atoms with Gasteiger partial charge in [0.1, 0.15) is 39.9 Å². The maximum absolute atomic E-state index is 13.3. The predicted molar refractivity (Wildman–Crippen MR) is 169 cm³/mol. The van der Waals surface area contributed by atoms with Crippen molar-refractivity contribution < 1.29 is 38.2 Å². The molecule has 1 aromatic carbocycles. The van der Waals surface area contributed by atoms with Crippen molar-refractivity contribution in [2.24, 2.45) is 0 Å². The normalized spacial score (nSPS) is 12.7. The van der Waals surface area contributed by atoms with Crippen molar-refractivity contribution in [1.82, 2.24) is 26.6 Å². The minimum absolute atomic E-state index is 0.00931. The second-order valence-corrected chi connectivity index (χ2v) is 14.6. The van der Waals surface area contributed by atoms with Gasteiger partial charge in [-0.25, -0.2) is 9.59 Å². The number of benzene rings is 1. The average molecular weight is 634 g/mol. The Balaban J connectivity index is 2.84. The van der Waals surface area contributed by atoms with Crippen LogP contribution < -0.4 is 26.6 Å². The summed E-state index contributed by atoms with van der Waals surface area (Å²) in [5.74, 6) is -3.38. The van der Waals surface area contributed by atoms with E-state index in [2.05, 4.69) is 26.6 Å². The van der Waals surface area contributed by atoms with E-state index < -0.39 is 69.0 Å². The maximum atomic E-state index is 13.3. The number of ether oxygens (including phenoxy) is 2. The van der Waals surface area contributed by atoms with Crippen LogP contribution >= 0.6 is 0 Å². The Morgan fingerprint density at radius 3 is 1.20 bits per heavy atom. The number of nitrogens with one attached hydrogen (secondary N) is 5. The van der Waals surface area contributed by atoms with Gasteiger partial charge in [-0.2, -0.15) is 0 Å². The van der Waals surface area contributed by atoms with Crippen LogP contribution in [0.2, 0.25) is 0 Å². The molecule has 1 rings (SSSR count). The van der Waals surface area contributed by atoms with Gasteiger partial charge >= 0.3 is 12.1 Å². The lowest BCUT2D eigenvalue weighted by molar-refractivity contribution is -0.163. The van der Waals surface area contributed by atoms with Gasteiger partial charge in [0, 0.05) is 0 Å². The van der Waals surface area contributed by atoms with E-state index in [-0.39, 0.29) is 6.61 Å². The lowest BCUT2D eigenvalue weighted by atomic mass is 9.94. The van der Waals surface area contributed by atoms with Gasteiger partial charge in [0.2, 0.25) is 23.6 Å². The van der Waals surface area contributed by atoms with E-state index in [4.69, 9.17) is 9.47 Å². The lowest BCUT2D eigenvalue weighted by Gasteiger charge is -2.37. The van der Waals surface area contributed by atoms with E-state index in [0.29, 0.717) is 0 Å². The molecule has 0 aliphatic carbocycles. The van der Waals surface area contributed by atoms with E-state index in [0.717, 1.165) is 5.56 Å². The van der Waals surface area contributed by atoms with Gasteiger partial charge in [-0.1, -0.05) is 30.3 Å². The Morgan fingerprint density at radius 1 is 0.511 bits per heavy atom. The fourth-order valence-corrected chi connectivity index (χ4v) is 3.46. The van der Waals surface area contributed by atoms with Gasteiger partial charge in [0.05, 0.1) is 0 Å². The van der Waals surface area contributed by atoms with Gasteiger partial charge in [-0.15, -0.1) is 0 Å². The van der Waals surface area contributed by atoms with Crippen LogP contribution in [0, 0.1) is 0 Å². The topological polar surface area (TPSA) is 181 Å². The molecule has 0 aliphatic rings. The zero-order chi connectivity index (χ0) is 35.2. The standard InChI is InChI=1S/C32H51N5O8/c1-27(2,3)45-25(42)32(12,13)36-23(40)30(8,9)34-21(38)28(4,5)33-22(39)29(6,7)35-24(41)31(10,11)37-26(43)44-19-20-17-15-14-16-18-20/h14-18H,19H2,1-13H3,(H,33,39)(H,34,38)(H,35,41)(H,36,40)(H,37,43). The molecule has 5 N–H and O–H groups in total. The third kappa shape index (κ3) is 12.0. The molecule has 0 fully saturated rings. The van der Waals surface area contributed by atoms with E-state index in [1.807, 2.05) is 6.07 Å². The highest BCUT2D eigenvalue weighted by atomic mass is 16.6. The zero-order valence-corrected chi connectivity index (χ0v) is 28.9. The molecule has 0 saturated heterocycles. The Morgan fingerprint density at radius 2 is 0.844 bits per heavy atom. The molecule has 0 aromatic heterocycles. The molecule has 13 nitrogen and oxygen atoms in total. The van der Waals surface area contributed by atoms with Crippen molar-refractivity contribution in [3.63, 3.8) is 0 Å². The van der Waals surface area contributed by atoms with Crippen LogP contribution in [0.3, 0.4) is 0 Å². The first-order valence-electron chi connectivity index (χ1n) is 14.6. The fourth-order valence-electron chi connectivity index (χ4n) is 3.46. The van der Waals surface area contributed by atoms with Crippen LogP contribution in [-0.2, 0) is 40.1 Å². The average Bonchev–Trinajstić information content (AvgIpc) is 2.85. The Labute approximate surface area is 266 Å². The van der Waals surface area contributed by atoms with Crippen molar-refractivity contribution in [2.75, 3.05) is 0 Å². The minimum atomic E-state index is -1.54.